The zero-order chi connectivity index (χ0) is 5.54. The normalized spacial score (nSPS) is 6.44. The smallest absolute Gasteiger partial charge is 0.0920 e. The third-order valence-corrected chi connectivity index (χ3v) is 0.986. The van der Waals surface area contributed by atoms with Gasteiger partial charge in [0, 0.05) is 65.4 Å². The van der Waals surface area contributed by atoms with Gasteiger partial charge in [-0.15, -0.1) is 0 Å². The standard InChI is InChI=1S/C5H12B2.2Y/c1-6-4-3-5-7-2;;/h3-5H2,1-2H3;;. The quantitative estimate of drug-likeness (QED) is 0.539. The molecule has 0 saturated carbocycles. The molecule has 0 spiro atoms. The van der Waals surface area contributed by atoms with E-state index in [9.17, 15) is 0 Å². The zero-order valence-corrected chi connectivity index (χ0v) is 12.1. The first-order valence-electron chi connectivity index (χ1n) is 2.97. The van der Waals surface area contributed by atoms with Crippen molar-refractivity contribution in [2.75, 3.05) is 0 Å². The van der Waals surface area contributed by atoms with Gasteiger partial charge in [0.05, 0.1) is 0 Å². The molecule has 9 heavy (non-hydrogen) atoms. The van der Waals surface area contributed by atoms with Crippen LogP contribution in [0.2, 0.25) is 26.3 Å². The van der Waals surface area contributed by atoms with E-state index in [1.165, 1.54) is 19.1 Å². The zero-order valence-electron chi connectivity index (χ0n) is 6.43. The van der Waals surface area contributed by atoms with Crippen molar-refractivity contribution in [3.8, 4) is 0 Å². The van der Waals surface area contributed by atoms with E-state index in [0.29, 0.717) is 0 Å². The van der Waals surface area contributed by atoms with Crippen LogP contribution < -0.4 is 0 Å². The molecule has 0 bridgehead atoms. The van der Waals surface area contributed by atoms with E-state index < -0.39 is 0 Å². The minimum atomic E-state index is 0. The Kier molecular flexibility index (Phi) is 32.4. The van der Waals surface area contributed by atoms with Crippen molar-refractivity contribution in [3.63, 3.8) is 0 Å². The van der Waals surface area contributed by atoms with Gasteiger partial charge in [-0.25, -0.2) is 0 Å². The van der Waals surface area contributed by atoms with Gasteiger partial charge < -0.3 is 0 Å². The summed E-state index contributed by atoms with van der Waals surface area (Å²) in [6, 6.07) is 0. The van der Waals surface area contributed by atoms with E-state index in [2.05, 4.69) is 28.2 Å². The van der Waals surface area contributed by atoms with Crippen LogP contribution in [-0.2, 0) is 65.4 Å². The third-order valence-electron chi connectivity index (χ3n) is 0.986. The average Bonchev–Trinajstić information content (AvgIpc) is 1.69. The van der Waals surface area contributed by atoms with Crippen LogP contribution in [-0.4, -0.2) is 14.6 Å². The molecule has 4 radical (unpaired) electrons. The Hall–Kier alpha value is 2.34. The minimum absolute atomic E-state index is 0. The molecule has 0 heterocycles. The molecule has 0 nitrogen and oxygen atoms in total. The third kappa shape index (κ3) is 17.9. The van der Waals surface area contributed by atoms with E-state index in [4.69, 9.17) is 0 Å². The molecular formula is C5H12B2Y2. The van der Waals surface area contributed by atoms with E-state index in [0.717, 1.165) is 0 Å². The van der Waals surface area contributed by atoms with Crippen molar-refractivity contribution in [1.82, 2.24) is 0 Å². The first-order valence-corrected chi connectivity index (χ1v) is 2.97. The van der Waals surface area contributed by atoms with Gasteiger partial charge in [0.15, 0.2) is 0 Å². The monoisotopic (exact) mass is 272 g/mol. The van der Waals surface area contributed by atoms with Crippen molar-refractivity contribution in [2.45, 2.75) is 32.7 Å². The van der Waals surface area contributed by atoms with Crippen LogP contribution in [0.15, 0.2) is 0 Å². The summed E-state index contributed by atoms with van der Waals surface area (Å²) in [5.74, 6) is 0. The first kappa shape index (κ1) is 17.4. The Labute approximate surface area is 111 Å². The molecule has 0 rings (SSSR count). The fraction of sp³-hybridized carbons (Fsp3) is 1.00. The molecule has 0 atom stereocenters. The van der Waals surface area contributed by atoms with E-state index in [1.54, 1.807) is 0 Å². The summed E-state index contributed by atoms with van der Waals surface area (Å²) in [7, 11) is 4.42. The predicted molar refractivity (Wildman–Crippen MR) is 37.5 cm³/mol. The summed E-state index contributed by atoms with van der Waals surface area (Å²) in [6.07, 6.45) is 3.86. The van der Waals surface area contributed by atoms with Crippen LogP contribution >= 0.6 is 0 Å². The van der Waals surface area contributed by atoms with E-state index in [1.807, 2.05) is 0 Å². The van der Waals surface area contributed by atoms with Gasteiger partial charge >= 0.3 is 0 Å². The fourth-order valence-corrected chi connectivity index (χ4v) is 0.526. The second kappa shape index (κ2) is 16.7. The van der Waals surface area contributed by atoms with Crippen molar-refractivity contribution in [3.05, 3.63) is 0 Å². The molecule has 0 unspecified atom stereocenters. The first-order chi connectivity index (χ1) is 3.41. The second-order valence-corrected chi connectivity index (χ2v) is 1.75. The largest absolute Gasteiger partial charge is 0.105 e. The maximum absolute atomic E-state index is 2.21. The van der Waals surface area contributed by atoms with Gasteiger partial charge in [-0.3, -0.25) is 0 Å². The average molecular weight is 272 g/mol. The van der Waals surface area contributed by atoms with E-state index >= 15 is 0 Å². The fourth-order valence-electron chi connectivity index (χ4n) is 0.526. The molecule has 0 saturated heterocycles. The van der Waals surface area contributed by atoms with Crippen LogP contribution in [0.1, 0.15) is 6.42 Å². The molecule has 0 aromatic heterocycles. The minimum Gasteiger partial charge on any atom is -0.0920 e. The number of hydrogen-bond acceptors (Lipinski definition) is 0. The molecule has 0 N–H and O–H groups in total. The SMILES string of the molecule is C[B]CCC[B]C.[Y].[Y]. The Morgan fingerprint density at radius 1 is 0.889 bits per heavy atom. The predicted octanol–water partition coefficient (Wildman–Crippen LogP) is 1.71. The Balaban J connectivity index is -0.000000180. The van der Waals surface area contributed by atoms with Crippen LogP contribution in [0, 0.1) is 0 Å². The summed E-state index contributed by atoms with van der Waals surface area (Å²) in [5.41, 5.74) is 0. The van der Waals surface area contributed by atoms with Gasteiger partial charge in [0.1, 0.15) is 14.6 Å². The van der Waals surface area contributed by atoms with Crippen molar-refractivity contribution >= 4 is 14.6 Å². The van der Waals surface area contributed by atoms with Gasteiger partial charge in [-0.05, 0) is 0 Å². The van der Waals surface area contributed by atoms with Crippen molar-refractivity contribution in [2.24, 2.45) is 0 Å². The van der Waals surface area contributed by atoms with Gasteiger partial charge in [-0.1, -0.05) is 32.7 Å². The maximum atomic E-state index is 2.21. The maximum Gasteiger partial charge on any atom is 0.105 e. The summed E-state index contributed by atoms with van der Waals surface area (Å²) in [4.78, 5) is 0. The summed E-state index contributed by atoms with van der Waals surface area (Å²) in [6.45, 7) is 4.21. The number of rotatable bonds is 4. The molecule has 44 valence electrons. The van der Waals surface area contributed by atoms with Gasteiger partial charge in [-0.2, -0.15) is 0 Å². The van der Waals surface area contributed by atoms with Crippen molar-refractivity contribution in [1.29, 1.82) is 0 Å². The Morgan fingerprint density at radius 2 is 1.22 bits per heavy atom. The molecular weight excluding hydrogens is 259 g/mol. The van der Waals surface area contributed by atoms with Crippen LogP contribution in [0.4, 0.5) is 0 Å². The summed E-state index contributed by atoms with van der Waals surface area (Å²) >= 11 is 0. The summed E-state index contributed by atoms with van der Waals surface area (Å²) in [5, 5.41) is 0. The van der Waals surface area contributed by atoms with Crippen LogP contribution in [0.3, 0.4) is 0 Å². The van der Waals surface area contributed by atoms with Crippen molar-refractivity contribution < 1.29 is 65.4 Å². The molecule has 0 aromatic rings. The summed E-state index contributed by atoms with van der Waals surface area (Å²) < 4.78 is 0. The molecule has 0 fully saturated rings. The Morgan fingerprint density at radius 3 is 1.44 bits per heavy atom. The molecule has 4 heteroatoms. The molecule has 0 aliphatic rings. The Bertz CT molecular complexity index is 32.1. The molecule has 0 aromatic carbocycles. The molecule has 0 aliphatic carbocycles. The topological polar surface area (TPSA) is 0 Å². The number of hydrogen-bond donors (Lipinski definition) is 0. The van der Waals surface area contributed by atoms with Gasteiger partial charge in [0.2, 0.25) is 0 Å². The van der Waals surface area contributed by atoms with Crippen LogP contribution in [0.5, 0.6) is 0 Å². The van der Waals surface area contributed by atoms with E-state index in [-0.39, 0.29) is 65.4 Å². The van der Waals surface area contributed by atoms with Crippen LogP contribution in [0.25, 0.3) is 0 Å². The molecule has 0 aliphatic heterocycles. The van der Waals surface area contributed by atoms with Gasteiger partial charge in [0.25, 0.3) is 0 Å². The molecule has 0 amide bonds. The second-order valence-electron chi connectivity index (χ2n) is 1.75.